The van der Waals surface area contributed by atoms with Crippen LogP contribution in [0.25, 0.3) is 0 Å². The molecular formula is C9H13F4NO3. The average molecular weight is 259 g/mol. The van der Waals surface area contributed by atoms with Crippen LogP contribution >= 0.6 is 0 Å². The number of hydrogen-bond donors (Lipinski definition) is 0. The summed E-state index contributed by atoms with van der Waals surface area (Å²) in [6, 6.07) is 0. The van der Waals surface area contributed by atoms with Gasteiger partial charge in [0.2, 0.25) is 0 Å². The standard InChI is InChI=1S/C9H13F4NO3/c1-14(5-3-4-6(15)17-2)8(16)9(12,13)7(10)11/h7H,3-5H2,1-2H3. The summed E-state index contributed by atoms with van der Waals surface area (Å²) in [4.78, 5) is 22.1. The molecule has 0 fully saturated rings. The van der Waals surface area contributed by atoms with Gasteiger partial charge < -0.3 is 9.64 Å². The average Bonchev–Trinajstić information content (AvgIpc) is 2.27. The van der Waals surface area contributed by atoms with Gasteiger partial charge >= 0.3 is 18.3 Å². The molecule has 0 spiro atoms. The summed E-state index contributed by atoms with van der Waals surface area (Å²) >= 11 is 0. The van der Waals surface area contributed by atoms with Crippen molar-refractivity contribution in [1.29, 1.82) is 0 Å². The van der Waals surface area contributed by atoms with E-state index in [1.165, 1.54) is 0 Å². The van der Waals surface area contributed by atoms with Crippen molar-refractivity contribution in [1.82, 2.24) is 4.90 Å². The number of amides is 1. The van der Waals surface area contributed by atoms with Gasteiger partial charge in [-0.1, -0.05) is 0 Å². The number of hydrogen-bond acceptors (Lipinski definition) is 3. The molecule has 0 aliphatic heterocycles. The fourth-order valence-corrected chi connectivity index (χ4v) is 1.01. The Balaban J connectivity index is 4.19. The normalized spacial score (nSPS) is 11.5. The minimum Gasteiger partial charge on any atom is -0.469 e. The third-order valence-electron chi connectivity index (χ3n) is 2.01. The van der Waals surface area contributed by atoms with Crippen LogP contribution < -0.4 is 0 Å². The van der Waals surface area contributed by atoms with Crippen LogP contribution in [0.1, 0.15) is 12.8 Å². The highest BCUT2D eigenvalue weighted by Gasteiger charge is 2.50. The number of esters is 1. The summed E-state index contributed by atoms with van der Waals surface area (Å²) in [6.45, 7) is -0.226. The first-order chi connectivity index (χ1) is 7.73. The minimum atomic E-state index is -4.69. The van der Waals surface area contributed by atoms with E-state index in [0.29, 0.717) is 4.90 Å². The maximum atomic E-state index is 12.6. The molecule has 0 aromatic heterocycles. The number of carbonyl (C=O) groups is 2. The van der Waals surface area contributed by atoms with Gasteiger partial charge in [-0.25, -0.2) is 8.78 Å². The Morgan fingerprint density at radius 1 is 1.35 bits per heavy atom. The van der Waals surface area contributed by atoms with Crippen molar-refractivity contribution in [3.05, 3.63) is 0 Å². The molecule has 0 saturated carbocycles. The Hall–Kier alpha value is -1.34. The van der Waals surface area contributed by atoms with E-state index in [-0.39, 0.29) is 19.4 Å². The predicted octanol–water partition coefficient (Wildman–Crippen LogP) is 1.30. The second kappa shape index (κ2) is 6.41. The lowest BCUT2D eigenvalue weighted by atomic mass is 10.2. The fourth-order valence-electron chi connectivity index (χ4n) is 1.01. The van der Waals surface area contributed by atoms with E-state index in [9.17, 15) is 27.2 Å². The van der Waals surface area contributed by atoms with Gasteiger partial charge in [0, 0.05) is 20.0 Å². The summed E-state index contributed by atoms with van der Waals surface area (Å²) in [5, 5.41) is 0. The highest BCUT2D eigenvalue weighted by molar-refractivity contribution is 5.83. The molecule has 4 nitrogen and oxygen atoms in total. The zero-order chi connectivity index (χ0) is 13.6. The van der Waals surface area contributed by atoms with Crippen molar-refractivity contribution in [3.63, 3.8) is 0 Å². The first-order valence-corrected chi connectivity index (χ1v) is 4.71. The molecule has 100 valence electrons. The highest BCUT2D eigenvalue weighted by Crippen LogP contribution is 2.24. The van der Waals surface area contributed by atoms with Crippen LogP contribution in [0, 0.1) is 0 Å². The SMILES string of the molecule is COC(=O)CCCN(C)C(=O)C(F)(F)C(F)F. The van der Waals surface area contributed by atoms with E-state index in [2.05, 4.69) is 4.74 Å². The van der Waals surface area contributed by atoms with Crippen LogP contribution in [0.3, 0.4) is 0 Å². The lowest BCUT2D eigenvalue weighted by Gasteiger charge is -2.22. The summed E-state index contributed by atoms with van der Waals surface area (Å²) in [7, 11) is 2.12. The number of ether oxygens (including phenoxy) is 1. The van der Waals surface area contributed by atoms with Crippen LogP contribution in [0.5, 0.6) is 0 Å². The van der Waals surface area contributed by atoms with E-state index in [0.717, 1.165) is 14.2 Å². The van der Waals surface area contributed by atoms with Crippen LogP contribution in [-0.2, 0) is 14.3 Å². The summed E-state index contributed by atoms with van der Waals surface area (Å²) < 4.78 is 53.2. The number of halogens is 4. The molecule has 0 aromatic carbocycles. The Bertz CT molecular complexity index is 283. The number of nitrogens with zero attached hydrogens (tertiary/aromatic N) is 1. The van der Waals surface area contributed by atoms with Crippen molar-refractivity contribution >= 4 is 11.9 Å². The molecule has 0 bridgehead atoms. The van der Waals surface area contributed by atoms with Crippen LogP contribution in [0.2, 0.25) is 0 Å². The first kappa shape index (κ1) is 15.7. The van der Waals surface area contributed by atoms with E-state index >= 15 is 0 Å². The zero-order valence-corrected chi connectivity index (χ0v) is 9.38. The van der Waals surface area contributed by atoms with Crippen molar-refractivity contribution in [3.8, 4) is 0 Å². The third kappa shape index (κ3) is 4.58. The number of methoxy groups -OCH3 is 1. The second-order valence-electron chi connectivity index (χ2n) is 3.33. The molecule has 0 N–H and O–H groups in total. The van der Waals surface area contributed by atoms with E-state index in [1.807, 2.05) is 0 Å². The van der Waals surface area contributed by atoms with E-state index in [4.69, 9.17) is 0 Å². The molecule has 0 unspecified atom stereocenters. The smallest absolute Gasteiger partial charge is 0.383 e. The van der Waals surface area contributed by atoms with Gasteiger partial charge in [0.15, 0.2) is 0 Å². The molecule has 0 aliphatic rings. The molecule has 17 heavy (non-hydrogen) atoms. The van der Waals surface area contributed by atoms with Gasteiger partial charge in [0.25, 0.3) is 5.91 Å². The molecule has 0 atom stereocenters. The van der Waals surface area contributed by atoms with Gasteiger partial charge in [0.05, 0.1) is 7.11 Å². The second-order valence-corrected chi connectivity index (χ2v) is 3.33. The Morgan fingerprint density at radius 2 is 1.88 bits per heavy atom. The van der Waals surface area contributed by atoms with Crippen molar-refractivity contribution in [2.45, 2.75) is 25.2 Å². The monoisotopic (exact) mass is 259 g/mol. The lowest BCUT2D eigenvalue weighted by molar-refractivity contribution is -0.179. The maximum Gasteiger partial charge on any atom is 0.383 e. The Morgan fingerprint density at radius 3 is 2.29 bits per heavy atom. The molecule has 0 radical (unpaired) electrons. The first-order valence-electron chi connectivity index (χ1n) is 4.71. The minimum absolute atomic E-state index is 0.0637. The third-order valence-corrected chi connectivity index (χ3v) is 2.01. The van der Waals surface area contributed by atoms with Crippen LogP contribution in [0.15, 0.2) is 0 Å². The number of carbonyl (C=O) groups excluding carboxylic acids is 2. The maximum absolute atomic E-state index is 12.6. The molecule has 0 saturated heterocycles. The molecular weight excluding hydrogens is 246 g/mol. The Labute approximate surface area is 95.5 Å². The van der Waals surface area contributed by atoms with Gasteiger partial charge in [-0.2, -0.15) is 8.78 Å². The lowest BCUT2D eigenvalue weighted by Crippen LogP contribution is -2.46. The van der Waals surface area contributed by atoms with Crippen LogP contribution in [0.4, 0.5) is 17.6 Å². The molecule has 0 aliphatic carbocycles. The van der Waals surface area contributed by atoms with Crippen LogP contribution in [-0.4, -0.2) is 49.8 Å². The molecule has 1 amide bonds. The number of alkyl halides is 4. The van der Waals surface area contributed by atoms with E-state index in [1.54, 1.807) is 0 Å². The quantitative estimate of drug-likeness (QED) is 0.533. The van der Waals surface area contributed by atoms with Gasteiger partial charge in [-0.15, -0.1) is 0 Å². The molecule has 0 heterocycles. The molecule has 0 rings (SSSR count). The van der Waals surface area contributed by atoms with Crippen molar-refractivity contribution in [2.75, 3.05) is 20.7 Å². The van der Waals surface area contributed by atoms with E-state index < -0.39 is 24.2 Å². The summed E-state index contributed by atoms with van der Waals surface area (Å²) in [5.74, 6) is -7.22. The summed E-state index contributed by atoms with van der Waals surface area (Å²) in [6.07, 6.45) is -4.05. The molecule has 0 aromatic rings. The molecule has 8 heteroatoms. The highest BCUT2D eigenvalue weighted by atomic mass is 19.3. The zero-order valence-electron chi connectivity index (χ0n) is 9.38. The van der Waals surface area contributed by atoms with Gasteiger partial charge in [-0.05, 0) is 6.42 Å². The topological polar surface area (TPSA) is 46.6 Å². The van der Waals surface area contributed by atoms with Crippen molar-refractivity contribution < 1.29 is 31.9 Å². The van der Waals surface area contributed by atoms with Crippen molar-refractivity contribution in [2.24, 2.45) is 0 Å². The van der Waals surface area contributed by atoms with Gasteiger partial charge in [-0.3, -0.25) is 9.59 Å². The fraction of sp³-hybridized carbons (Fsp3) is 0.778. The predicted molar refractivity (Wildman–Crippen MR) is 49.8 cm³/mol. The van der Waals surface area contributed by atoms with Gasteiger partial charge in [0.1, 0.15) is 0 Å². The largest absolute Gasteiger partial charge is 0.469 e. The number of rotatable bonds is 6. The Kier molecular flexibility index (Phi) is 5.90. The summed E-state index contributed by atoms with van der Waals surface area (Å²) in [5.41, 5.74) is 0.